The SMILES string of the molecule is CN(C)c1cc(NC(=O)Nc2ccc(F)c([NH+](C)[O-])c2)c(O)c2c1C[C@H]1C[C@H]3[C@H](N(C)C)C(=O)C(C(N)=O)=C(O)[C@@]3(O)C(=O)C1=C2O. The van der Waals surface area contributed by atoms with Crippen molar-refractivity contribution in [3.05, 3.63) is 63.3 Å². The number of aliphatic hydroxyl groups excluding tert-OH is 2. The van der Waals surface area contributed by atoms with Gasteiger partial charge >= 0.3 is 6.03 Å². The highest BCUT2D eigenvalue weighted by Crippen LogP contribution is 2.54. The number of halogens is 1. The van der Waals surface area contributed by atoms with Crippen molar-refractivity contribution in [3.63, 3.8) is 0 Å². The summed E-state index contributed by atoms with van der Waals surface area (Å²) >= 11 is 0. The van der Waals surface area contributed by atoms with Gasteiger partial charge in [0.1, 0.15) is 17.1 Å². The van der Waals surface area contributed by atoms with E-state index in [-0.39, 0.29) is 41.0 Å². The molecule has 3 aliphatic rings. The van der Waals surface area contributed by atoms with Crippen LogP contribution in [0, 0.1) is 22.9 Å². The van der Waals surface area contributed by atoms with Gasteiger partial charge in [-0.1, -0.05) is 0 Å². The molecule has 5 atom stereocenters. The van der Waals surface area contributed by atoms with E-state index in [1.807, 2.05) is 0 Å². The van der Waals surface area contributed by atoms with Gasteiger partial charge in [0.25, 0.3) is 5.91 Å². The number of fused-ring (bicyclic) bond motifs is 3. The largest absolute Gasteiger partial charge is 0.629 e. The van der Waals surface area contributed by atoms with Gasteiger partial charge in [0.15, 0.2) is 28.6 Å². The first-order chi connectivity index (χ1) is 21.9. The van der Waals surface area contributed by atoms with E-state index in [0.717, 1.165) is 12.1 Å². The van der Waals surface area contributed by atoms with Gasteiger partial charge in [-0.3, -0.25) is 19.3 Å². The fourth-order valence-electron chi connectivity index (χ4n) is 6.94. The van der Waals surface area contributed by atoms with Crippen molar-refractivity contribution in [2.24, 2.45) is 17.6 Å². The molecule has 1 saturated carbocycles. The van der Waals surface area contributed by atoms with Gasteiger partial charge in [-0.05, 0) is 56.6 Å². The number of hydrogen-bond donors (Lipinski definition) is 8. The molecule has 0 heterocycles. The lowest BCUT2D eigenvalue weighted by Gasteiger charge is -2.50. The second-order valence-electron chi connectivity index (χ2n) is 12.3. The minimum Gasteiger partial charge on any atom is -0.629 e. The lowest BCUT2D eigenvalue weighted by molar-refractivity contribution is -0.752. The van der Waals surface area contributed by atoms with Crippen LogP contribution in [0.25, 0.3) is 5.76 Å². The molecule has 1 fully saturated rings. The van der Waals surface area contributed by atoms with Crippen LogP contribution < -0.4 is 26.3 Å². The summed E-state index contributed by atoms with van der Waals surface area (Å²) in [6.07, 6.45) is -0.0345. The zero-order valence-corrected chi connectivity index (χ0v) is 26.1. The maximum absolute atomic E-state index is 14.1. The average molecular weight is 655 g/mol. The zero-order chi connectivity index (χ0) is 34.9. The summed E-state index contributed by atoms with van der Waals surface area (Å²) in [7, 11) is 7.54. The first-order valence-corrected chi connectivity index (χ1v) is 14.5. The summed E-state index contributed by atoms with van der Waals surface area (Å²) in [5, 5.41) is 61.9. The third-order valence-corrected chi connectivity index (χ3v) is 9.03. The highest BCUT2D eigenvalue weighted by molar-refractivity contribution is 6.24. The number of nitrogens with zero attached hydrogens (tertiary/aromatic N) is 2. The maximum Gasteiger partial charge on any atom is 0.323 e. The average Bonchev–Trinajstić information content (AvgIpc) is 2.96. The van der Waals surface area contributed by atoms with E-state index in [4.69, 9.17) is 5.73 Å². The van der Waals surface area contributed by atoms with Crippen LogP contribution in [0.1, 0.15) is 17.5 Å². The van der Waals surface area contributed by atoms with E-state index >= 15 is 0 Å². The number of Topliss-reactive ketones (excluding diaryl/α,β-unsaturated/α-hetero) is 2. The Morgan fingerprint density at radius 1 is 1.11 bits per heavy atom. The predicted octanol–water partition coefficient (Wildman–Crippen LogP) is 0.457. The number of aromatic hydroxyl groups is 1. The lowest BCUT2D eigenvalue weighted by Crippen LogP contribution is -2.98. The number of phenols is 1. The van der Waals surface area contributed by atoms with Gasteiger partial charge in [0.2, 0.25) is 5.78 Å². The highest BCUT2D eigenvalue weighted by atomic mass is 19.1. The number of nitrogens with two attached hydrogens (primary N) is 1. The number of benzene rings is 2. The molecule has 0 aromatic heterocycles. The van der Waals surface area contributed by atoms with E-state index in [0.29, 0.717) is 11.3 Å². The van der Waals surface area contributed by atoms with E-state index in [1.165, 1.54) is 38.2 Å². The summed E-state index contributed by atoms with van der Waals surface area (Å²) in [4.78, 5) is 55.6. The van der Waals surface area contributed by atoms with Gasteiger partial charge in [-0.15, -0.1) is 0 Å². The Balaban J connectivity index is 1.60. The van der Waals surface area contributed by atoms with Crippen LogP contribution in [0.3, 0.4) is 0 Å². The van der Waals surface area contributed by atoms with Crippen molar-refractivity contribution in [3.8, 4) is 5.75 Å². The van der Waals surface area contributed by atoms with Crippen LogP contribution in [0.4, 0.5) is 31.9 Å². The normalized spacial score (nSPS) is 24.4. The summed E-state index contributed by atoms with van der Waals surface area (Å²) in [5.74, 6) is -8.70. The molecule has 5 rings (SSSR count). The van der Waals surface area contributed by atoms with E-state index in [2.05, 4.69) is 10.6 Å². The Morgan fingerprint density at radius 3 is 2.34 bits per heavy atom. The highest BCUT2D eigenvalue weighted by Gasteiger charge is 2.64. The summed E-state index contributed by atoms with van der Waals surface area (Å²) < 4.78 is 14.0. The Hall–Kier alpha value is -5.03. The minimum atomic E-state index is -2.80. The van der Waals surface area contributed by atoms with Crippen molar-refractivity contribution in [1.82, 2.24) is 4.90 Å². The standard InChI is InChI=1S/C31H35FN6O9/c1-36(2)18-11-17(35-30(45)34-13-6-7-16(32)19(10-13)38(5)47)24(39)21-14(18)8-12-9-15-23(37(3)4)26(41)22(29(33)44)28(43)31(15,46)27(42)20(12)25(21)40/h6-7,10-12,15,23,38-40,43,46H,8-9H2,1-5H3,(H2,33,44)(H2,34,35,45)/t12-,15-,23-,31-/m0/s1. The molecule has 0 aliphatic heterocycles. The minimum absolute atomic E-state index is 0.0471. The van der Waals surface area contributed by atoms with Crippen molar-refractivity contribution < 1.29 is 49.1 Å². The number of carbonyl (C=O) groups is 4. The molecule has 0 spiro atoms. The molecule has 3 aliphatic carbocycles. The number of ketones is 2. The molecular weight excluding hydrogens is 619 g/mol. The van der Waals surface area contributed by atoms with Crippen LogP contribution in [0.5, 0.6) is 5.75 Å². The van der Waals surface area contributed by atoms with Crippen LogP contribution in [0.2, 0.25) is 0 Å². The number of hydroxylamine groups is 1. The third-order valence-electron chi connectivity index (χ3n) is 9.03. The number of carbonyl (C=O) groups excluding carboxylic acids is 4. The molecule has 0 bridgehead atoms. The summed E-state index contributed by atoms with van der Waals surface area (Å²) in [5.41, 5.74) is 1.56. The number of primary amides is 1. The number of hydrogen-bond acceptors (Lipinski definition) is 11. The number of anilines is 3. The molecule has 16 heteroatoms. The molecule has 0 saturated heterocycles. The molecule has 2 aromatic rings. The van der Waals surface area contributed by atoms with Crippen LogP contribution in [0.15, 0.2) is 41.2 Å². The number of nitrogens with one attached hydrogen (secondary N) is 3. The Morgan fingerprint density at radius 2 is 1.77 bits per heavy atom. The van der Waals surface area contributed by atoms with Gasteiger partial charge in [-0.2, -0.15) is 0 Å². The maximum atomic E-state index is 14.1. The molecule has 2 aromatic carbocycles. The molecule has 250 valence electrons. The van der Waals surface area contributed by atoms with Gasteiger partial charge in [0.05, 0.1) is 24.3 Å². The molecule has 1 unspecified atom stereocenters. The smallest absolute Gasteiger partial charge is 0.323 e. The van der Waals surface area contributed by atoms with Crippen molar-refractivity contribution in [2.75, 3.05) is 50.8 Å². The third kappa shape index (κ3) is 5.14. The first-order valence-electron chi connectivity index (χ1n) is 14.5. The molecular formula is C31H35FN6O9. The molecule has 9 N–H and O–H groups in total. The number of quaternary nitrogens is 1. The molecule has 15 nitrogen and oxygen atoms in total. The topological polar surface area (TPSA) is 233 Å². The van der Waals surface area contributed by atoms with Gasteiger partial charge < -0.3 is 52.0 Å². The van der Waals surface area contributed by atoms with Gasteiger partial charge in [-0.25, -0.2) is 9.18 Å². The number of amides is 3. The molecule has 3 amide bonds. The predicted molar refractivity (Wildman–Crippen MR) is 168 cm³/mol. The molecule has 47 heavy (non-hydrogen) atoms. The van der Waals surface area contributed by atoms with E-state index < -0.39 is 80.7 Å². The Bertz CT molecular complexity index is 1800. The Labute approximate surface area is 267 Å². The quantitative estimate of drug-likeness (QED) is 0.121. The lowest BCUT2D eigenvalue weighted by atomic mass is 9.57. The van der Waals surface area contributed by atoms with Crippen molar-refractivity contribution in [1.29, 1.82) is 0 Å². The number of aliphatic hydroxyl groups is 3. The second kappa shape index (κ2) is 11.6. The Kier molecular flexibility index (Phi) is 8.26. The number of rotatable bonds is 6. The van der Waals surface area contributed by atoms with Crippen molar-refractivity contribution in [2.45, 2.75) is 24.5 Å². The summed E-state index contributed by atoms with van der Waals surface area (Å²) in [6, 6.07) is 2.72. The fraction of sp³-hybridized carbons (Fsp3) is 0.355. The van der Waals surface area contributed by atoms with E-state index in [1.54, 1.807) is 19.0 Å². The van der Waals surface area contributed by atoms with Crippen LogP contribution >= 0.6 is 0 Å². The molecule has 0 radical (unpaired) electrons. The fourth-order valence-corrected chi connectivity index (χ4v) is 6.94. The van der Waals surface area contributed by atoms with Gasteiger partial charge in [0, 0.05) is 43.0 Å². The monoisotopic (exact) mass is 654 g/mol. The zero-order valence-electron chi connectivity index (χ0n) is 26.1. The second-order valence-corrected chi connectivity index (χ2v) is 12.3. The van der Waals surface area contributed by atoms with E-state index in [9.17, 15) is 49.2 Å². The number of phenolic OH excluding ortho intramolecular Hbond substituents is 1. The number of likely N-dealkylation sites (N-methyl/N-ethyl adjacent to an activating group) is 1. The van der Waals surface area contributed by atoms with Crippen LogP contribution in [-0.4, -0.2) is 95.7 Å². The number of urea groups is 1. The first kappa shape index (κ1) is 33.3. The summed E-state index contributed by atoms with van der Waals surface area (Å²) in [6.45, 7) is 0. The van der Waals surface area contributed by atoms with Crippen LogP contribution in [-0.2, 0) is 20.8 Å². The van der Waals surface area contributed by atoms with Crippen molar-refractivity contribution >= 4 is 52.0 Å².